The van der Waals surface area contributed by atoms with Crippen LogP contribution >= 0.6 is 31.9 Å². The van der Waals surface area contributed by atoms with Crippen LogP contribution in [0.25, 0.3) is 11.4 Å². The van der Waals surface area contributed by atoms with Crippen molar-refractivity contribution in [1.82, 2.24) is 20.0 Å². The maximum absolute atomic E-state index is 7.53. The number of hydrogen-bond acceptors (Lipinski definition) is 6. The molecule has 0 saturated carbocycles. The lowest BCUT2D eigenvalue weighted by atomic mass is 10.1. The van der Waals surface area contributed by atoms with Crippen LogP contribution in [-0.4, -0.2) is 39.1 Å². The van der Waals surface area contributed by atoms with Gasteiger partial charge in [0, 0.05) is 33.8 Å². The van der Waals surface area contributed by atoms with E-state index in [2.05, 4.69) is 52.3 Å². The minimum absolute atomic E-state index is 0.0756. The first-order valence-corrected chi connectivity index (χ1v) is 10.2. The highest BCUT2D eigenvalue weighted by Gasteiger charge is 2.29. The minimum atomic E-state index is 0.0756. The Morgan fingerprint density at radius 2 is 2.14 bits per heavy atom. The molecule has 3 heterocycles. The molecule has 144 valence electrons. The smallest absolute Gasteiger partial charge is 0.231 e. The summed E-state index contributed by atoms with van der Waals surface area (Å²) in [5.41, 5.74) is 7.23. The van der Waals surface area contributed by atoms with Crippen molar-refractivity contribution in [1.29, 1.82) is 5.41 Å². The summed E-state index contributed by atoms with van der Waals surface area (Å²) >= 11 is 6.98. The van der Waals surface area contributed by atoms with E-state index in [0.717, 1.165) is 33.2 Å². The van der Waals surface area contributed by atoms with E-state index >= 15 is 0 Å². The fourth-order valence-electron chi connectivity index (χ4n) is 3.03. The van der Waals surface area contributed by atoms with Crippen LogP contribution < -0.4 is 11.1 Å². The third-order valence-electron chi connectivity index (χ3n) is 4.53. The standard InChI is InChI=1S/C18H17Br2N7O/c19-12-2-3-13(20)14(7-12)24-15-4-1-10(8-23-15)16-25-17(28-26-16)11-5-6-27(9-11)18(21)22/h1-4,7-8,11H,5-6,9H2,(H3,21,22)(H,23,24)/t11-/m1/s1. The first kappa shape index (κ1) is 18.9. The molecular formula is C18H17Br2N7O. The molecule has 1 fully saturated rings. The lowest BCUT2D eigenvalue weighted by Gasteiger charge is -2.14. The highest BCUT2D eigenvalue weighted by atomic mass is 79.9. The molecule has 4 N–H and O–H groups in total. The van der Waals surface area contributed by atoms with E-state index in [1.54, 1.807) is 11.1 Å². The number of nitrogens with two attached hydrogens (primary N) is 1. The molecule has 28 heavy (non-hydrogen) atoms. The zero-order valence-corrected chi connectivity index (χ0v) is 17.9. The average molecular weight is 507 g/mol. The zero-order chi connectivity index (χ0) is 19.7. The van der Waals surface area contributed by atoms with Crippen molar-refractivity contribution in [3.8, 4) is 11.4 Å². The molecule has 1 saturated heterocycles. The number of nitrogens with one attached hydrogen (secondary N) is 2. The molecule has 1 aliphatic rings. The molecule has 0 bridgehead atoms. The van der Waals surface area contributed by atoms with Gasteiger partial charge >= 0.3 is 0 Å². The molecule has 1 aliphatic heterocycles. The molecule has 3 aromatic rings. The number of anilines is 2. The SMILES string of the molecule is N=C(N)N1CC[C@@H](c2nc(-c3ccc(Nc4cc(Br)ccc4Br)nc3)no2)C1. The third-order valence-corrected chi connectivity index (χ3v) is 5.72. The molecule has 0 aliphatic carbocycles. The maximum Gasteiger partial charge on any atom is 0.231 e. The Morgan fingerprint density at radius 1 is 1.29 bits per heavy atom. The summed E-state index contributed by atoms with van der Waals surface area (Å²) in [7, 11) is 0. The van der Waals surface area contributed by atoms with Gasteiger partial charge in [0.15, 0.2) is 5.96 Å². The van der Waals surface area contributed by atoms with Gasteiger partial charge in [-0.15, -0.1) is 0 Å². The van der Waals surface area contributed by atoms with Crippen molar-refractivity contribution in [2.75, 3.05) is 18.4 Å². The number of benzene rings is 1. The Morgan fingerprint density at radius 3 is 2.86 bits per heavy atom. The highest BCUT2D eigenvalue weighted by molar-refractivity contribution is 9.11. The predicted molar refractivity (Wildman–Crippen MR) is 113 cm³/mol. The number of aromatic nitrogens is 3. The molecule has 0 amide bonds. The van der Waals surface area contributed by atoms with E-state index in [9.17, 15) is 0 Å². The summed E-state index contributed by atoms with van der Waals surface area (Å²) in [6.45, 7) is 1.35. The summed E-state index contributed by atoms with van der Waals surface area (Å²) in [4.78, 5) is 10.7. The number of hydrogen-bond donors (Lipinski definition) is 3. The summed E-state index contributed by atoms with van der Waals surface area (Å²) in [5.74, 6) is 1.94. The zero-order valence-electron chi connectivity index (χ0n) is 14.7. The summed E-state index contributed by atoms with van der Waals surface area (Å²) in [6.07, 6.45) is 2.54. The average Bonchev–Trinajstić information content (AvgIpc) is 3.35. The number of likely N-dealkylation sites (tertiary alicyclic amines) is 1. The predicted octanol–water partition coefficient (Wildman–Crippen LogP) is 4.08. The van der Waals surface area contributed by atoms with Crippen LogP contribution in [0.15, 0.2) is 50.0 Å². The molecule has 0 spiro atoms. The molecule has 2 aromatic heterocycles. The topological polar surface area (TPSA) is 117 Å². The van der Waals surface area contributed by atoms with Gasteiger partial charge in [0.25, 0.3) is 0 Å². The Bertz CT molecular complexity index is 1010. The highest BCUT2D eigenvalue weighted by Crippen LogP contribution is 2.30. The van der Waals surface area contributed by atoms with Crippen molar-refractivity contribution in [3.05, 3.63) is 51.4 Å². The summed E-state index contributed by atoms with van der Waals surface area (Å²) in [5, 5.41) is 14.9. The molecule has 1 aromatic carbocycles. The van der Waals surface area contributed by atoms with Crippen molar-refractivity contribution in [3.63, 3.8) is 0 Å². The Kier molecular flexibility index (Phi) is 5.31. The van der Waals surface area contributed by atoms with Crippen LogP contribution in [-0.2, 0) is 0 Å². The van der Waals surface area contributed by atoms with E-state index in [1.807, 2.05) is 30.3 Å². The van der Waals surface area contributed by atoms with Gasteiger partial charge in [-0.05, 0) is 52.7 Å². The second-order valence-corrected chi connectivity index (χ2v) is 8.22. The van der Waals surface area contributed by atoms with Gasteiger partial charge in [-0.25, -0.2) is 4.98 Å². The van der Waals surface area contributed by atoms with Crippen molar-refractivity contribution < 1.29 is 4.52 Å². The lowest BCUT2D eigenvalue weighted by Crippen LogP contribution is -2.34. The number of pyridine rings is 1. The molecule has 10 heteroatoms. The molecular weight excluding hydrogens is 490 g/mol. The van der Waals surface area contributed by atoms with E-state index in [0.29, 0.717) is 24.1 Å². The van der Waals surface area contributed by atoms with E-state index in [-0.39, 0.29) is 11.9 Å². The van der Waals surface area contributed by atoms with Gasteiger partial charge in [0.1, 0.15) is 5.82 Å². The molecule has 0 unspecified atom stereocenters. The largest absolute Gasteiger partial charge is 0.370 e. The fraction of sp³-hybridized carbons (Fsp3) is 0.222. The monoisotopic (exact) mass is 505 g/mol. The van der Waals surface area contributed by atoms with Gasteiger partial charge in [-0.2, -0.15) is 4.98 Å². The van der Waals surface area contributed by atoms with Crippen molar-refractivity contribution >= 4 is 49.3 Å². The molecule has 0 radical (unpaired) electrons. The fourth-order valence-corrected chi connectivity index (χ4v) is 3.74. The number of nitrogens with zero attached hydrogens (tertiary/aromatic N) is 4. The first-order valence-electron chi connectivity index (χ1n) is 8.60. The lowest BCUT2D eigenvalue weighted by molar-refractivity contribution is 0.354. The first-order chi connectivity index (χ1) is 13.5. The summed E-state index contributed by atoms with van der Waals surface area (Å²) < 4.78 is 7.35. The van der Waals surface area contributed by atoms with Crippen LogP contribution in [0.3, 0.4) is 0 Å². The van der Waals surface area contributed by atoms with Gasteiger partial charge in [-0.1, -0.05) is 21.1 Å². The van der Waals surface area contributed by atoms with Crippen LogP contribution in [0.1, 0.15) is 18.2 Å². The van der Waals surface area contributed by atoms with E-state index in [1.165, 1.54) is 0 Å². The van der Waals surface area contributed by atoms with Crippen LogP contribution in [0.4, 0.5) is 11.5 Å². The normalized spacial score (nSPS) is 16.4. The summed E-state index contributed by atoms with van der Waals surface area (Å²) in [6, 6.07) is 9.65. The number of rotatable bonds is 4. The number of halogens is 2. The van der Waals surface area contributed by atoms with Crippen LogP contribution in [0.5, 0.6) is 0 Å². The second kappa shape index (κ2) is 7.88. The molecule has 1 atom stereocenters. The van der Waals surface area contributed by atoms with Gasteiger partial charge in [0.2, 0.25) is 11.7 Å². The molecule has 8 nitrogen and oxygen atoms in total. The van der Waals surface area contributed by atoms with Crippen LogP contribution in [0, 0.1) is 5.41 Å². The second-order valence-electron chi connectivity index (χ2n) is 6.45. The Hall–Kier alpha value is -2.46. The Labute approximate surface area is 178 Å². The van der Waals surface area contributed by atoms with Crippen LogP contribution in [0.2, 0.25) is 0 Å². The van der Waals surface area contributed by atoms with Crippen molar-refractivity contribution in [2.45, 2.75) is 12.3 Å². The maximum atomic E-state index is 7.53. The Balaban J connectivity index is 1.47. The minimum Gasteiger partial charge on any atom is -0.370 e. The quantitative estimate of drug-likeness (QED) is 0.360. The van der Waals surface area contributed by atoms with Crippen molar-refractivity contribution in [2.24, 2.45) is 5.73 Å². The van der Waals surface area contributed by atoms with Gasteiger partial charge < -0.3 is 20.5 Å². The third kappa shape index (κ3) is 4.02. The van der Waals surface area contributed by atoms with E-state index < -0.39 is 0 Å². The van der Waals surface area contributed by atoms with Gasteiger partial charge in [-0.3, -0.25) is 5.41 Å². The van der Waals surface area contributed by atoms with E-state index in [4.69, 9.17) is 15.7 Å². The van der Waals surface area contributed by atoms with Gasteiger partial charge in [0.05, 0.1) is 11.6 Å². The number of guanidine groups is 1. The molecule has 4 rings (SSSR count).